The van der Waals surface area contributed by atoms with Crippen molar-refractivity contribution in [2.75, 3.05) is 17.6 Å². The van der Waals surface area contributed by atoms with Crippen LogP contribution in [0.15, 0.2) is 108 Å². The minimum Gasteiger partial charge on any atom is -0.456 e. The maximum atomic E-state index is 14.1. The fourth-order valence-corrected chi connectivity index (χ4v) is 5.70. The number of amides is 2. The lowest BCUT2D eigenvalue weighted by atomic mass is 9.75. The Kier molecular flexibility index (Phi) is 9.19. The van der Waals surface area contributed by atoms with Crippen LogP contribution in [-0.4, -0.2) is 37.1 Å². The van der Waals surface area contributed by atoms with E-state index in [4.69, 9.17) is 8.97 Å². The van der Waals surface area contributed by atoms with E-state index in [0.29, 0.717) is 17.7 Å². The smallest absolute Gasteiger partial charge is 0.266 e. The fraction of sp³-hybridized carbons (Fsp3) is 0.243. The van der Waals surface area contributed by atoms with Crippen LogP contribution < -0.4 is 10.6 Å². The maximum Gasteiger partial charge on any atom is 0.266 e. The summed E-state index contributed by atoms with van der Waals surface area (Å²) < 4.78 is 36.8. The molecule has 3 N–H and O–H groups in total. The summed E-state index contributed by atoms with van der Waals surface area (Å²) in [6.45, 7) is 8.13. The van der Waals surface area contributed by atoms with Gasteiger partial charge in [-0.2, -0.15) is 8.42 Å². The third-order valence-corrected chi connectivity index (χ3v) is 8.88. The number of carbonyl (C=O) groups is 2. The van der Waals surface area contributed by atoms with Crippen molar-refractivity contribution in [2.45, 2.75) is 44.9 Å². The van der Waals surface area contributed by atoms with E-state index >= 15 is 0 Å². The summed E-state index contributed by atoms with van der Waals surface area (Å²) in [6.07, 6.45) is 0.357. The number of fused-ring (bicyclic) bond motifs is 1. The van der Waals surface area contributed by atoms with E-state index in [1.54, 1.807) is 24.3 Å². The van der Waals surface area contributed by atoms with Gasteiger partial charge >= 0.3 is 0 Å². The van der Waals surface area contributed by atoms with Crippen LogP contribution in [0.25, 0.3) is 22.3 Å². The Hall–Kier alpha value is -4.73. The molecule has 0 aliphatic carbocycles. The Labute approximate surface area is 269 Å². The molecule has 2 amide bonds. The number of benzene rings is 4. The quantitative estimate of drug-likeness (QED) is 0.140. The third kappa shape index (κ3) is 7.73. The molecule has 0 fully saturated rings. The standard InChI is InChI=1S/C37H38N2O6S/c1-36(2,3)29-15-17-30(18-16-29)37(4,24-25-9-11-27(12-10-25)34(40)38-21-22-46(42,43)44)35(41)39-31-19-13-26(14-20-31)33-23-28-7-5-6-8-32(28)45-33/h5-20,23H,21-22,24H2,1-4H3,(H,38,40)(H,39,41)(H,42,43,44). The predicted octanol–water partition coefficient (Wildman–Crippen LogP) is 7.15. The molecule has 46 heavy (non-hydrogen) atoms. The zero-order valence-corrected chi connectivity index (χ0v) is 27.1. The van der Waals surface area contributed by atoms with Crippen molar-refractivity contribution < 1.29 is 27.0 Å². The topological polar surface area (TPSA) is 126 Å². The van der Waals surface area contributed by atoms with Crippen molar-refractivity contribution in [3.8, 4) is 11.3 Å². The Bertz CT molecular complexity index is 1920. The Morgan fingerprint density at radius 2 is 1.43 bits per heavy atom. The summed E-state index contributed by atoms with van der Waals surface area (Å²) in [5.41, 5.74) is 4.54. The lowest BCUT2D eigenvalue weighted by molar-refractivity contribution is -0.121. The summed E-state index contributed by atoms with van der Waals surface area (Å²) in [5, 5.41) is 6.62. The van der Waals surface area contributed by atoms with Crippen molar-refractivity contribution in [3.05, 3.63) is 125 Å². The molecule has 5 aromatic rings. The molecule has 238 valence electrons. The van der Waals surface area contributed by atoms with Crippen molar-refractivity contribution in [1.29, 1.82) is 0 Å². The van der Waals surface area contributed by atoms with E-state index in [9.17, 15) is 18.0 Å². The Balaban J connectivity index is 1.37. The molecule has 8 nitrogen and oxygen atoms in total. The van der Waals surface area contributed by atoms with Gasteiger partial charge in [-0.3, -0.25) is 14.1 Å². The van der Waals surface area contributed by atoms with Gasteiger partial charge < -0.3 is 15.1 Å². The highest BCUT2D eigenvalue weighted by Gasteiger charge is 2.36. The zero-order chi connectivity index (χ0) is 33.1. The van der Waals surface area contributed by atoms with Gasteiger partial charge in [0.15, 0.2) is 0 Å². The zero-order valence-electron chi connectivity index (χ0n) is 26.3. The molecule has 1 atom stereocenters. The average Bonchev–Trinajstić information content (AvgIpc) is 3.45. The molecule has 5 rings (SSSR count). The molecule has 0 aliphatic rings. The molecule has 0 bridgehead atoms. The molecule has 1 heterocycles. The second kappa shape index (κ2) is 12.9. The number of anilines is 1. The van der Waals surface area contributed by atoms with Gasteiger partial charge in [0.1, 0.15) is 11.3 Å². The average molecular weight is 639 g/mol. The Morgan fingerprint density at radius 1 is 0.804 bits per heavy atom. The predicted molar refractivity (Wildman–Crippen MR) is 182 cm³/mol. The first-order valence-corrected chi connectivity index (χ1v) is 16.7. The summed E-state index contributed by atoms with van der Waals surface area (Å²) in [6, 6.07) is 32.4. The minimum atomic E-state index is -4.17. The van der Waals surface area contributed by atoms with Gasteiger partial charge in [0, 0.05) is 28.7 Å². The second-order valence-electron chi connectivity index (χ2n) is 12.8. The van der Waals surface area contributed by atoms with E-state index in [-0.39, 0.29) is 17.9 Å². The van der Waals surface area contributed by atoms with Gasteiger partial charge in [0.25, 0.3) is 16.0 Å². The molecule has 1 aromatic heterocycles. The number of furan rings is 1. The van der Waals surface area contributed by atoms with Gasteiger partial charge in [-0.15, -0.1) is 0 Å². The van der Waals surface area contributed by atoms with Crippen molar-refractivity contribution >= 4 is 38.6 Å². The number of hydrogen-bond acceptors (Lipinski definition) is 5. The van der Waals surface area contributed by atoms with Crippen molar-refractivity contribution in [2.24, 2.45) is 0 Å². The number of hydrogen-bond donors (Lipinski definition) is 3. The lowest BCUT2D eigenvalue weighted by Gasteiger charge is -2.30. The molecule has 0 saturated heterocycles. The lowest BCUT2D eigenvalue weighted by Crippen LogP contribution is -2.39. The summed E-state index contributed by atoms with van der Waals surface area (Å²) >= 11 is 0. The van der Waals surface area contributed by atoms with E-state index in [1.807, 2.05) is 73.7 Å². The molecule has 0 saturated carbocycles. The van der Waals surface area contributed by atoms with Crippen LogP contribution in [0.2, 0.25) is 0 Å². The van der Waals surface area contributed by atoms with Crippen molar-refractivity contribution in [3.63, 3.8) is 0 Å². The first-order valence-electron chi connectivity index (χ1n) is 15.1. The SMILES string of the molecule is CC(C)(C)c1ccc(C(C)(Cc2ccc(C(=O)NCCS(=O)(=O)O)cc2)C(=O)Nc2ccc(-c3cc4ccccc4o3)cc2)cc1. The molecule has 0 aliphatic heterocycles. The largest absolute Gasteiger partial charge is 0.456 e. The highest BCUT2D eigenvalue weighted by Crippen LogP contribution is 2.33. The maximum absolute atomic E-state index is 14.1. The highest BCUT2D eigenvalue weighted by molar-refractivity contribution is 7.85. The van der Waals surface area contributed by atoms with Gasteiger partial charge in [-0.25, -0.2) is 0 Å². The van der Waals surface area contributed by atoms with Crippen LogP contribution >= 0.6 is 0 Å². The van der Waals surface area contributed by atoms with E-state index in [1.165, 1.54) is 0 Å². The highest BCUT2D eigenvalue weighted by atomic mass is 32.2. The fourth-order valence-electron chi connectivity index (χ4n) is 5.34. The first kappa shape index (κ1) is 32.7. The molecular weight excluding hydrogens is 600 g/mol. The van der Waals surface area contributed by atoms with Crippen molar-refractivity contribution in [1.82, 2.24) is 5.32 Å². The number of rotatable bonds is 10. The summed E-state index contributed by atoms with van der Waals surface area (Å²) in [4.78, 5) is 26.6. The minimum absolute atomic E-state index is 0.0451. The van der Waals surface area contributed by atoms with Crippen LogP contribution in [0.4, 0.5) is 5.69 Å². The molecule has 4 aromatic carbocycles. The monoisotopic (exact) mass is 638 g/mol. The summed E-state index contributed by atoms with van der Waals surface area (Å²) in [7, 11) is -4.17. The molecular formula is C37H38N2O6S. The van der Waals surface area contributed by atoms with Crippen LogP contribution in [-0.2, 0) is 32.2 Å². The molecule has 9 heteroatoms. The van der Waals surface area contributed by atoms with Gasteiger partial charge in [0.05, 0.1) is 11.2 Å². The van der Waals surface area contributed by atoms with Crippen LogP contribution in [0.1, 0.15) is 54.7 Å². The normalized spacial score (nSPS) is 13.2. The van der Waals surface area contributed by atoms with Crippen LogP contribution in [0, 0.1) is 0 Å². The number of nitrogens with one attached hydrogen (secondary N) is 2. The first-order chi connectivity index (χ1) is 21.7. The molecule has 0 spiro atoms. The van der Waals surface area contributed by atoms with Gasteiger partial charge in [-0.05, 0) is 84.0 Å². The number of carbonyl (C=O) groups excluding carboxylic acids is 2. The van der Waals surface area contributed by atoms with E-state index < -0.39 is 27.2 Å². The van der Waals surface area contributed by atoms with E-state index in [2.05, 4.69) is 43.5 Å². The van der Waals surface area contributed by atoms with Gasteiger partial charge in [0.2, 0.25) is 5.91 Å². The molecule has 0 radical (unpaired) electrons. The summed E-state index contributed by atoms with van der Waals surface area (Å²) in [5.74, 6) is -0.460. The van der Waals surface area contributed by atoms with E-state index in [0.717, 1.165) is 39.0 Å². The van der Waals surface area contributed by atoms with Crippen LogP contribution in [0.5, 0.6) is 0 Å². The van der Waals surface area contributed by atoms with Gasteiger partial charge in [-0.1, -0.05) is 75.4 Å². The van der Waals surface area contributed by atoms with Crippen LogP contribution in [0.3, 0.4) is 0 Å². The number of para-hydroxylation sites is 1. The molecule has 1 unspecified atom stereocenters. The third-order valence-electron chi connectivity index (χ3n) is 8.16. The Morgan fingerprint density at radius 3 is 2.04 bits per heavy atom. The second-order valence-corrected chi connectivity index (χ2v) is 14.3.